The van der Waals surface area contributed by atoms with Gasteiger partial charge in [0.2, 0.25) is 0 Å². The highest BCUT2D eigenvalue weighted by atomic mass is 32.1. The second kappa shape index (κ2) is 7.01. The lowest BCUT2D eigenvalue weighted by molar-refractivity contribution is -0.870. The molecular weight excluding hydrogens is 318 g/mol. The van der Waals surface area contributed by atoms with Crippen LogP contribution in [0.25, 0.3) is 20.2 Å². The Kier molecular flexibility index (Phi) is 4.99. The van der Waals surface area contributed by atoms with Gasteiger partial charge in [-0.1, -0.05) is 18.2 Å². The summed E-state index contributed by atoms with van der Waals surface area (Å²) < 4.78 is 8.81. The molecule has 24 heavy (non-hydrogen) atoms. The van der Waals surface area contributed by atoms with Crippen LogP contribution in [0, 0.1) is 0 Å². The van der Waals surface area contributed by atoms with Crippen molar-refractivity contribution >= 4 is 31.5 Å². The molecule has 4 heteroatoms. The molecule has 126 valence electrons. The zero-order chi connectivity index (χ0) is 17.2. The third-order valence-corrected chi connectivity index (χ3v) is 5.18. The molecule has 3 rings (SSSR count). The number of hydrogen-bond donors (Lipinski definition) is 0. The maximum absolute atomic E-state index is 12.7. The van der Waals surface area contributed by atoms with Crippen LogP contribution in [0.5, 0.6) is 0 Å². The minimum Gasteiger partial charge on any atom is -0.377 e. The second-order valence-electron chi connectivity index (χ2n) is 7.18. The maximum atomic E-state index is 12.7. The van der Waals surface area contributed by atoms with Crippen LogP contribution in [-0.2, 0) is 11.3 Å². The molecule has 3 aromatic rings. The molecule has 0 fully saturated rings. The molecule has 0 spiro atoms. The van der Waals surface area contributed by atoms with Gasteiger partial charge in [-0.25, -0.2) is 0 Å². The Bertz CT molecular complexity index is 909. The Hall–Kier alpha value is -1.75. The van der Waals surface area contributed by atoms with Crippen molar-refractivity contribution in [2.75, 3.05) is 34.3 Å². The lowest BCUT2D eigenvalue weighted by Gasteiger charge is -2.23. The van der Waals surface area contributed by atoms with E-state index in [1.54, 1.807) is 11.3 Å². The zero-order valence-corrected chi connectivity index (χ0v) is 15.4. The van der Waals surface area contributed by atoms with Crippen LogP contribution in [0.15, 0.2) is 47.3 Å². The van der Waals surface area contributed by atoms with E-state index in [1.165, 1.54) is 0 Å². The fourth-order valence-corrected chi connectivity index (χ4v) is 3.82. The van der Waals surface area contributed by atoms with Gasteiger partial charge in [0.05, 0.1) is 40.9 Å². The van der Waals surface area contributed by atoms with Gasteiger partial charge in [0.1, 0.15) is 0 Å². The number of rotatable bonds is 6. The van der Waals surface area contributed by atoms with E-state index in [4.69, 9.17) is 4.74 Å². The van der Waals surface area contributed by atoms with Gasteiger partial charge in [0, 0.05) is 26.6 Å². The van der Waals surface area contributed by atoms with E-state index < -0.39 is 0 Å². The number of nitrogens with zero attached hydrogens (tertiary/aromatic N) is 1. The topological polar surface area (TPSA) is 26.3 Å². The molecule has 0 saturated carbocycles. The first-order valence-corrected chi connectivity index (χ1v) is 9.08. The van der Waals surface area contributed by atoms with Crippen LogP contribution in [0.1, 0.15) is 12.0 Å². The summed E-state index contributed by atoms with van der Waals surface area (Å²) >= 11 is 1.67. The van der Waals surface area contributed by atoms with Crippen molar-refractivity contribution in [2.45, 2.75) is 13.0 Å². The van der Waals surface area contributed by atoms with E-state index in [0.717, 1.165) is 49.8 Å². The Morgan fingerprint density at radius 2 is 1.75 bits per heavy atom. The van der Waals surface area contributed by atoms with Gasteiger partial charge >= 0.3 is 0 Å². The average molecular weight is 342 g/mol. The molecular formula is C20H24NO2S+. The van der Waals surface area contributed by atoms with E-state index in [2.05, 4.69) is 27.2 Å². The number of fused-ring (bicyclic) bond motifs is 2. The van der Waals surface area contributed by atoms with Crippen molar-refractivity contribution in [3.63, 3.8) is 0 Å². The molecule has 0 N–H and O–H groups in total. The van der Waals surface area contributed by atoms with Gasteiger partial charge in [0.15, 0.2) is 5.43 Å². The molecule has 3 nitrogen and oxygen atoms in total. The summed E-state index contributed by atoms with van der Waals surface area (Å²) in [6.45, 7) is 2.40. The lowest BCUT2D eigenvalue weighted by atomic mass is 10.1. The summed E-state index contributed by atoms with van der Waals surface area (Å²) in [6, 6.07) is 13.9. The Labute approximate surface area is 146 Å². The van der Waals surface area contributed by atoms with E-state index in [-0.39, 0.29) is 5.43 Å². The van der Waals surface area contributed by atoms with Gasteiger partial charge in [-0.2, -0.15) is 0 Å². The summed E-state index contributed by atoms with van der Waals surface area (Å²) in [5, 5.41) is 1.60. The zero-order valence-electron chi connectivity index (χ0n) is 14.5. The van der Waals surface area contributed by atoms with Gasteiger partial charge in [-0.05, 0) is 29.8 Å². The largest absolute Gasteiger partial charge is 0.377 e. The fraction of sp³-hybridized carbons (Fsp3) is 0.350. The minimum atomic E-state index is 0.117. The normalized spacial score (nSPS) is 12.1. The fourth-order valence-electron chi connectivity index (χ4n) is 2.77. The number of quaternary nitrogens is 1. The van der Waals surface area contributed by atoms with E-state index >= 15 is 0 Å². The molecule has 2 aromatic carbocycles. The maximum Gasteiger partial charge on any atom is 0.195 e. The van der Waals surface area contributed by atoms with Crippen molar-refractivity contribution in [1.82, 2.24) is 0 Å². The molecule has 0 amide bonds. The van der Waals surface area contributed by atoms with Crippen LogP contribution >= 0.6 is 11.3 Å². The predicted octanol–water partition coefficient (Wildman–Crippen LogP) is 4.03. The molecule has 0 aliphatic carbocycles. The predicted molar refractivity (Wildman–Crippen MR) is 103 cm³/mol. The summed E-state index contributed by atoms with van der Waals surface area (Å²) in [4.78, 5) is 12.7. The van der Waals surface area contributed by atoms with Gasteiger partial charge < -0.3 is 9.22 Å². The van der Waals surface area contributed by atoms with E-state index in [9.17, 15) is 4.79 Å². The number of ether oxygens (including phenoxy) is 1. The van der Waals surface area contributed by atoms with Crippen molar-refractivity contribution in [3.8, 4) is 0 Å². The molecule has 0 aliphatic rings. The van der Waals surface area contributed by atoms with Crippen LogP contribution in [0.4, 0.5) is 0 Å². The summed E-state index contributed by atoms with van der Waals surface area (Å²) in [7, 11) is 6.56. The molecule has 1 aromatic heterocycles. The lowest BCUT2D eigenvalue weighted by Crippen LogP contribution is -2.35. The molecule has 0 aliphatic heterocycles. The van der Waals surface area contributed by atoms with E-state index in [1.807, 2.05) is 36.4 Å². The monoisotopic (exact) mass is 342 g/mol. The smallest absolute Gasteiger partial charge is 0.195 e. The van der Waals surface area contributed by atoms with Crippen molar-refractivity contribution < 1.29 is 9.22 Å². The minimum absolute atomic E-state index is 0.117. The quantitative estimate of drug-likeness (QED) is 0.384. The van der Waals surface area contributed by atoms with Crippen molar-refractivity contribution in [3.05, 3.63) is 58.3 Å². The highest BCUT2D eigenvalue weighted by Gasteiger charge is 2.08. The highest BCUT2D eigenvalue weighted by Crippen LogP contribution is 2.25. The van der Waals surface area contributed by atoms with Gasteiger partial charge in [-0.15, -0.1) is 11.3 Å². The van der Waals surface area contributed by atoms with Crippen LogP contribution < -0.4 is 5.43 Å². The van der Waals surface area contributed by atoms with Crippen molar-refractivity contribution in [1.29, 1.82) is 0 Å². The number of hydrogen-bond acceptors (Lipinski definition) is 3. The summed E-state index contributed by atoms with van der Waals surface area (Å²) in [6.07, 6.45) is 1.04. The van der Waals surface area contributed by atoms with Gasteiger partial charge in [0.25, 0.3) is 0 Å². The third kappa shape index (κ3) is 4.01. The molecule has 0 unspecified atom stereocenters. The SMILES string of the molecule is C[N+](C)(C)CCCOCc1ccc2sc3ccccc3c(=O)c2c1. The molecule has 0 atom stereocenters. The van der Waals surface area contributed by atoms with Crippen molar-refractivity contribution in [2.24, 2.45) is 0 Å². The third-order valence-electron chi connectivity index (χ3n) is 4.03. The first kappa shape index (κ1) is 17.1. The second-order valence-corrected chi connectivity index (χ2v) is 8.26. The Balaban J connectivity index is 1.75. The first-order valence-electron chi connectivity index (χ1n) is 8.27. The Morgan fingerprint density at radius 3 is 2.54 bits per heavy atom. The molecule has 1 heterocycles. The van der Waals surface area contributed by atoms with Crippen LogP contribution in [0.3, 0.4) is 0 Å². The molecule has 0 bridgehead atoms. The molecule has 0 saturated heterocycles. The Morgan fingerprint density at radius 1 is 1.00 bits per heavy atom. The van der Waals surface area contributed by atoms with E-state index in [0.29, 0.717) is 6.61 Å². The summed E-state index contributed by atoms with van der Waals surface area (Å²) in [5.41, 5.74) is 1.18. The van der Waals surface area contributed by atoms with Gasteiger partial charge in [-0.3, -0.25) is 4.79 Å². The number of benzene rings is 2. The summed E-state index contributed by atoms with van der Waals surface area (Å²) in [5.74, 6) is 0. The van der Waals surface area contributed by atoms with Crippen LogP contribution in [0.2, 0.25) is 0 Å². The first-order chi connectivity index (χ1) is 11.4. The highest BCUT2D eigenvalue weighted by molar-refractivity contribution is 7.24. The van der Waals surface area contributed by atoms with Crippen LogP contribution in [-0.4, -0.2) is 38.8 Å². The standard InChI is InChI=1S/C20H24NO2S/c1-21(2,3)11-6-12-23-14-15-9-10-19-17(13-15)20(22)16-7-4-5-8-18(16)24-19/h4-5,7-10,13H,6,11-12,14H2,1-3H3/q+1. The average Bonchev–Trinajstić information content (AvgIpc) is 2.54. The molecule has 0 radical (unpaired) electrons.